The first-order chi connectivity index (χ1) is 10.9. The molecule has 23 heavy (non-hydrogen) atoms. The molecule has 6 heteroatoms. The van der Waals surface area contributed by atoms with Gasteiger partial charge in [0.05, 0.1) is 5.56 Å². The van der Waals surface area contributed by atoms with Crippen molar-refractivity contribution in [3.05, 3.63) is 65.5 Å². The van der Waals surface area contributed by atoms with Gasteiger partial charge in [0.15, 0.2) is 0 Å². The minimum absolute atomic E-state index is 0.0666. The molecule has 1 saturated heterocycles. The monoisotopic (exact) mass is 320 g/mol. The highest BCUT2D eigenvalue weighted by molar-refractivity contribution is 5.94. The Hall–Kier alpha value is -2.37. The molecule has 120 valence electrons. The van der Waals surface area contributed by atoms with E-state index in [4.69, 9.17) is 0 Å². The van der Waals surface area contributed by atoms with Gasteiger partial charge in [-0.3, -0.25) is 9.78 Å². The highest BCUT2D eigenvalue weighted by Gasteiger charge is 2.33. The Bertz CT molecular complexity index is 700. The van der Waals surface area contributed by atoms with Crippen LogP contribution in [0.25, 0.3) is 0 Å². The second-order valence-electron chi connectivity index (χ2n) is 5.60. The predicted molar refractivity (Wildman–Crippen MR) is 78.9 cm³/mol. The van der Waals surface area contributed by atoms with Crippen LogP contribution in [0.1, 0.15) is 33.8 Å². The van der Waals surface area contributed by atoms with Crippen LogP contribution in [-0.2, 0) is 6.18 Å². The molecule has 0 bridgehead atoms. The summed E-state index contributed by atoms with van der Waals surface area (Å²) >= 11 is 0. The van der Waals surface area contributed by atoms with Crippen molar-refractivity contribution >= 4 is 5.91 Å². The number of hydrogen-bond donors (Lipinski definition) is 0. The van der Waals surface area contributed by atoms with E-state index < -0.39 is 11.7 Å². The molecule has 0 spiro atoms. The van der Waals surface area contributed by atoms with Crippen LogP contribution in [0.4, 0.5) is 13.2 Å². The zero-order chi connectivity index (χ0) is 16.4. The number of alkyl halides is 3. The Morgan fingerprint density at radius 3 is 2.61 bits per heavy atom. The van der Waals surface area contributed by atoms with Crippen LogP contribution < -0.4 is 0 Å². The van der Waals surface area contributed by atoms with Crippen LogP contribution in [0.2, 0.25) is 0 Å². The van der Waals surface area contributed by atoms with Crippen molar-refractivity contribution < 1.29 is 18.0 Å². The fraction of sp³-hybridized carbons (Fsp3) is 0.294. The maximum atomic E-state index is 12.8. The Kier molecular flexibility index (Phi) is 4.07. The number of pyridine rings is 1. The number of carbonyl (C=O) groups is 1. The molecule has 2 heterocycles. The maximum Gasteiger partial charge on any atom is 0.416 e. The fourth-order valence-electron chi connectivity index (χ4n) is 2.86. The smallest absolute Gasteiger partial charge is 0.338 e. The van der Waals surface area contributed by atoms with Crippen molar-refractivity contribution in [3.8, 4) is 0 Å². The van der Waals surface area contributed by atoms with Crippen LogP contribution in [-0.4, -0.2) is 28.9 Å². The van der Waals surface area contributed by atoms with Gasteiger partial charge >= 0.3 is 6.18 Å². The van der Waals surface area contributed by atoms with Gasteiger partial charge < -0.3 is 4.90 Å². The topological polar surface area (TPSA) is 33.2 Å². The number of nitrogens with zero attached hydrogens (tertiary/aromatic N) is 2. The summed E-state index contributed by atoms with van der Waals surface area (Å²) in [7, 11) is 0. The van der Waals surface area contributed by atoms with Gasteiger partial charge in [-0.2, -0.15) is 13.2 Å². The summed E-state index contributed by atoms with van der Waals surface area (Å²) in [6, 6.07) is 8.65. The molecule has 2 aromatic rings. The van der Waals surface area contributed by atoms with Crippen LogP contribution >= 0.6 is 0 Å². The average Bonchev–Trinajstić information content (AvgIpc) is 3.04. The first-order valence-corrected chi connectivity index (χ1v) is 7.31. The Morgan fingerprint density at radius 1 is 1.17 bits per heavy atom. The van der Waals surface area contributed by atoms with E-state index in [1.807, 2.05) is 0 Å². The normalized spacial score (nSPS) is 18.2. The van der Waals surface area contributed by atoms with Crippen molar-refractivity contribution in [1.29, 1.82) is 0 Å². The van der Waals surface area contributed by atoms with Crippen LogP contribution in [0, 0.1) is 0 Å². The molecule has 3 nitrogen and oxygen atoms in total. The zero-order valence-corrected chi connectivity index (χ0v) is 12.3. The number of hydrogen-bond acceptors (Lipinski definition) is 2. The molecule has 0 N–H and O–H groups in total. The number of likely N-dealkylation sites (tertiary alicyclic amines) is 1. The van der Waals surface area contributed by atoms with Crippen molar-refractivity contribution in [2.24, 2.45) is 0 Å². The zero-order valence-electron chi connectivity index (χ0n) is 12.3. The first kappa shape index (κ1) is 15.5. The van der Waals surface area contributed by atoms with Gasteiger partial charge in [0, 0.05) is 37.0 Å². The summed E-state index contributed by atoms with van der Waals surface area (Å²) in [6.07, 6.45) is -0.583. The summed E-state index contributed by atoms with van der Waals surface area (Å²) in [6.45, 7) is 0.977. The number of rotatable bonds is 2. The van der Waals surface area contributed by atoms with E-state index in [1.165, 1.54) is 12.1 Å². The fourth-order valence-corrected chi connectivity index (χ4v) is 2.86. The largest absolute Gasteiger partial charge is 0.416 e. The lowest BCUT2D eigenvalue weighted by Gasteiger charge is -2.17. The molecule has 0 radical (unpaired) electrons. The molecular formula is C17H15F3N2O. The lowest BCUT2D eigenvalue weighted by molar-refractivity contribution is -0.137. The van der Waals surface area contributed by atoms with E-state index in [9.17, 15) is 18.0 Å². The SMILES string of the molecule is O=C(c1ccncc1)N1CC[C@@H](c2cccc(C(F)(F)F)c2)C1. The van der Waals surface area contributed by atoms with E-state index in [0.717, 1.165) is 6.07 Å². The second-order valence-corrected chi connectivity index (χ2v) is 5.60. The van der Waals surface area contributed by atoms with E-state index in [0.29, 0.717) is 30.6 Å². The number of carbonyl (C=O) groups excluding carboxylic acids is 1. The van der Waals surface area contributed by atoms with Gasteiger partial charge in [0.1, 0.15) is 0 Å². The molecule has 1 atom stereocenters. The van der Waals surface area contributed by atoms with Crippen LogP contribution in [0.15, 0.2) is 48.8 Å². The molecule has 0 unspecified atom stereocenters. The molecule has 0 saturated carbocycles. The molecule has 1 aliphatic heterocycles. The molecule has 1 aliphatic rings. The molecule has 1 fully saturated rings. The molecule has 0 aliphatic carbocycles. The van der Waals surface area contributed by atoms with Gasteiger partial charge in [0.25, 0.3) is 5.91 Å². The summed E-state index contributed by atoms with van der Waals surface area (Å²) < 4.78 is 38.4. The molecule has 1 amide bonds. The molecule has 1 aromatic carbocycles. The summed E-state index contributed by atoms with van der Waals surface area (Å²) in [5.74, 6) is -0.176. The third-order valence-electron chi connectivity index (χ3n) is 4.09. The van der Waals surface area contributed by atoms with Gasteiger partial charge in [-0.25, -0.2) is 0 Å². The van der Waals surface area contributed by atoms with Crippen LogP contribution in [0.3, 0.4) is 0 Å². The van der Waals surface area contributed by atoms with Crippen molar-refractivity contribution in [1.82, 2.24) is 9.88 Å². The Balaban J connectivity index is 1.74. The van der Waals surface area contributed by atoms with Gasteiger partial charge in [0.2, 0.25) is 0 Å². The molecule has 1 aromatic heterocycles. The standard InChI is InChI=1S/C17H15F3N2O/c18-17(19,20)15-3-1-2-13(10-15)14-6-9-22(11-14)16(23)12-4-7-21-8-5-12/h1-5,7-8,10,14H,6,9,11H2/t14-/m1/s1. The first-order valence-electron chi connectivity index (χ1n) is 7.31. The number of benzene rings is 1. The highest BCUT2D eigenvalue weighted by Crippen LogP contribution is 2.34. The van der Waals surface area contributed by atoms with Crippen molar-refractivity contribution in [2.45, 2.75) is 18.5 Å². The third kappa shape index (κ3) is 3.36. The van der Waals surface area contributed by atoms with Gasteiger partial charge in [-0.1, -0.05) is 18.2 Å². The Morgan fingerprint density at radius 2 is 1.91 bits per heavy atom. The average molecular weight is 320 g/mol. The summed E-state index contributed by atoms with van der Waals surface area (Å²) in [5, 5.41) is 0. The predicted octanol–water partition coefficient (Wildman–Crippen LogP) is 3.73. The van der Waals surface area contributed by atoms with Crippen molar-refractivity contribution in [2.75, 3.05) is 13.1 Å². The number of aromatic nitrogens is 1. The quantitative estimate of drug-likeness (QED) is 0.845. The number of amides is 1. The van der Waals surface area contributed by atoms with E-state index in [2.05, 4.69) is 4.98 Å². The minimum atomic E-state index is -4.35. The second kappa shape index (κ2) is 6.02. The highest BCUT2D eigenvalue weighted by atomic mass is 19.4. The summed E-state index contributed by atoms with van der Waals surface area (Å²) in [4.78, 5) is 17.9. The van der Waals surface area contributed by atoms with Gasteiger partial charge in [-0.05, 0) is 30.2 Å². The lowest BCUT2D eigenvalue weighted by Crippen LogP contribution is -2.28. The maximum absolute atomic E-state index is 12.8. The molecule has 3 rings (SSSR count). The van der Waals surface area contributed by atoms with E-state index in [1.54, 1.807) is 35.5 Å². The van der Waals surface area contributed by atoms with E-state index in [-0.39, 0.29) is 11.8 Å². The minimum Gasteiger partial charge on any atom is -0.338 e. The number of halogens is 3. The Labute approximate surface area is 131 Å². The van der Waals surface area contributed by atoms with Gasteiger partial charge in [-0.15, -0.1) is 0 Å². The molecular weight excluding hydrogens is 305 g/mol. The van der Waals surface area contributed by atoms with Crippen molar-refractivity contribution in [3.63, 3.8) is 0 Å². The third-order valence-corrected chi connectivity index (χ3v) is 4.09. The summed E-state index contributed by atoms with van der Waals surface area (Å²) in [5.41, 5.74) is 0.531. The van der Waals surface area contributed by atoms with Crippen LogP contribution in [0.5, 0.6) is 0 Å². The lowest BCUT2D eigenvalue weighted by atomic mass is 9.96. The van der Waals surface area contributed by atoms with E-state index >= 15 is 0 Å².